The van der Waals surface area contributed by atoms with Gasteiger partial charge in [-0.05, 0) is 12.1 Å². The van der Waals surface area contributed by atoms with E-state index >= 15 is 0 Å². The van der Waals surface area contributed by atoms with Crippen LogP contribution in [0.3, 0.4) is 0 Å². The Hall–Kier alpha value is -2.88. The summed E-state index contributed by atoms with van der Waals surface area (Å²) in [5.74, 6) is 0.272. The Bertz CT molecular complexity index is 747. The molecule has 0 saturated carbocycles. The molecular weight excluding hydrogens is 250 g/mol. The van der Waals surface area contributed by atoms with Crippen LogP contribution in [0.5, 0.6) is 0 Å². The van der Waals surface area contributed by atoms with Crippen molar-refractivity contribution >= 4 is 5.91 Å². The third kappa shape index (κ3) is 2.31. The molecule has 0 unspecified atom stereocenters. The summed E-state index contributed by atoms with van der Waals surface area (Å²) in [6, 6.07) is 17.0. The van der Waals surface area contributed by atoms with Crippen molar-refractivity contribution in [3.8, 4) is 22.6 Å². The van der Waals surface area contributed by atoms with Gasteiger partial charge in [0, 0.05) is 22.9 Å². The maximum atomic E-state index is 11.2. The Kier molecular flexibility index (Phi) is 3.05. The molecule has 1 heterocycles. The summed E-state index contributed by atoms with van der Waals surface area (Å²) < 4.78 is 0. The largest absolute Gasteiger partial charge is 0.366 e. The Morgan fingerprint density at radius 3 is 2.50 bits per heavy atom. The van der Waals surface area contributed by atoms with Crippen molar-refractivity contribution < 1.29 is 4.79 Å². The molecule has 1 aromatic heterocycles. The molecule has 0 aliphatic rings. The highest BCUT2D eigenvalue weighted by Gasteiger charge is 2.07. The topological polar surface area (TPSA) is 71.8 Å². The molecule has 3 rings (SSSR count). The standard InChI is InChI=1S/C16H13N3O/c17-15(20)12-7-4-8-13(9-12)16-18-10-14(19-16)11-5-2-1-3-6-11/h1-10H,(H2,17,20)(H,18,19). The fraction of sp³-hybridized carbons (Fsp3) is 0. The van der Waals surface area contributed by atoms with Crippen LogP contribution < -0.4 is 5.73 Å². The molecule has 1 amide bonds. The molecule has 0 aliphatic heterocycles. The molecule has 0 radical (unpaired) electrons. The molecule has 2 aromatic carbocycles. The van der Waals surface area contributed by atoms with Gasteiger partial charge in [0.25, 0.3) is 0 Å². The number of nitrogens with two attached hydrogens (primary N) is 1. The first-order valence-corrected chi connectivity index (χ1v) is 6.25. The normalized spacial score (nSPS) is 10.4. The number of amides is 1. The van der Waals surface area contributed by atoms with Crippen molar-refractivity contribution in [1.29, 1.82) is 0 Å². The van der Waals surface area contributed by atoms with Crippen LogP contribution in [0.2, 0.25) is 0 Å². The van der Waals surface area contributed by atoms with Crippen LogP contribution in [-0.4, -0.2) is 15.9 Å². The van der Waals surface area contributed by atoms with Crippen LogP contribution in [-0.2, 0) is 0 Å². The quantitative estimate of drug-likeness (QED) is 0.762. The molecule has 0 saturated heterocycles. The van der Waals surface area contributed by atoms with Gasteiger partial charge in [0.15, 0.2) is 0 Å². The Morgan fingerprint density at radius 2 is 1.75 bits per heavy atom. The minimum Gasteiger partial charge on any atom is -0.366 e. The van der Waals surface area contributed by atoms with Crippen molar-refractivity contribution in [2.75, 3.05) is 0 Å². The predicted molar refractivity (Wildman–Crippen MR) is 78.0 cm³/mol. The molecule has 0 atom stereocenters. The van der Waals surface area contributed by atoms with Gasteiger partial charge < -0.3 is 10.7 Å². The number of carbonyl (C=O) groups is 1. The van der Waals surface area contributed by atoms with Gasteiger partial charge in [-0.15, -0.1) is 0 Å². The zero-order valence-electron chi connectivity index (χ0n) is 10.7. The monoisotopic (exact) mass is 263 g/mol. The predicted octanol–water partition coefficient (Wildman–Crippen LogP) is 2.84. The first-order chi connectivity index (χ1) is 9.74. The minimum absolute atomic E-state index is 0.443. The summed E-state index contributed by atoms with van der Waals surface area (Å²) in [5.41, 5.74) is 8.50. The molecule has 4 heteroatoms. The first-order valence-electron chi connectivity index (χ1n) is 6.25. The average Bonchev–Trinajstić information content (AvgIpc) is 2.98. The van der Waals surface area contributed by atoms with Crippen LogP contribution >= 0.6 is 0 Å². The van der Waals surface area contributed by atoms with E-state index in [4.69, 9.17) is 5.73 Å². The lowest BCUT2D eigenvalue weighted by Gasteiger charge is -1.99. The summed E-state index contributed by atoms with van der Waals surface area (Å²) in [7, 11) is 0. The summed E-state index contributed by atoms with van der Waals surface area (Å²) in [4.78, 5) is 18.9. The number of primary amides is 1. The van der Waals surface area contributed by atoms with Gasteiger partial charge in [0.05, 0.1) is 5.69 Å². The molecule has 98 valence electrons. The highest BCUT2D eigenvalue weighted by Crippen LogP contribution is 2.22. The maximum absolute atomic E-state index is 11.2. The molecule has 0 bridgehead atoms. The van der Waals surface area contributed by atoms with E-state index in [-0.39, 0.29) is 0 Å². The molecule has 20 heavy (non-hydrogen) atoms. The Morgan fingerprint density at radius 1 is 1.00 bits per heavy atom. The van der Waals surface area contributed by atoms with Crippen molar-refractivity contribution in [3.63, 3.8) is 0 Å². The fourth-order valence-corrected chi connectivity index (χ4v) is 2.05. The van der Waals surface area contributed by atoms with Crippen LogP contribution in [0.1, 0.15) is 10.4 Å². The van der Waals surface area contributed by atoms with Crippen molar-refractivity contribution in [3.05, 3.63) is 66.4 Å². The van der Waals surface area contributed by atoms with Gasteiger partial charge >= 0.3 is 0 Å². The van der Waals surface area contributed by atoms with Crippen LogP contribution in [0.25, 0.3) is 22.6 Å². The highest BCUT2D eigenvalue weighted by molar-refractivity contribution is 5.93. The van der Waals surface area contributed by atoms with Gasteiger partial charge in [-0.2, -0.15) is 0 Å². The van der Waals surface area contributed by atoms with E-state index in [0.29, 0.717) is 11.4 Å². The second kappa shape index (κ2) is 5.01. The SMILES string of the molecule is NC(=O)c1cccc(-c2nc(-c3ccccc3)c[nH]2)c1. The van der Waals surface area contributed by atoms with E-state index in [1.807, 2.05) is 42.6 Å². The van der Waals surface area contributed by atoms with Crippen LogP contribution in [0.15, 0.2) is 60.8 Å². The number of benzene rings is 2. The minimum atomic E-state index is -0.443. The third-order valence-corrected chi connectivity index (χ3v) is 3.07. The number of imidazole rings is 1. The fourth-order valence-electron chi connectivity index (χ4n) is 2.05. The number of hydrogen-bond acceptors (Lipinski definition) is 2. The van der Waals surface area contributed by atoms with Crippen molar-refractivity contribution in [1.82, 2.24) is 9.97 Å². The first kappa shape index (κ1) is 12.2. The molecule has 0 spiro atoms. The molecular formula is C16H13N3O. The van der Waals surface area contributed by atoms with E-state index in [1.54, 1.807) is 18.2 Å². The van der Waals surface area contributed by atoms with E-state index in [0.717, 1.165) is 16.8 Å². The molecule has 0 aliphatic carbocycles. The van der Waals surface area contributed by atoms with E-state index in [9.17, 15) is 4.79 Å². The molecule has 0 fully saturated rings. The summed E-state index contributed by atoms with van der Waals surface area (Å²) in [6.07, 6.45) is 1.85. The highest BCUT2D eigenvalue weighted by atomic mass is 16.1. The van der Waals surface area contributed by atoms with E-state index < -0.39 is 5.91 Å². The van der Waals surface area contributed by atoms with Crippen molar-refractivity contribution in [2.45, 2.75) is 0 Å². The van der Waals surface area contributed by atoms with Crippen molar-refractivity contribution in [2.24, 2.45) is 5.73 Å². The lowest BCUT2D eigenvalue weighted by atomic mass is 10.1. The van der Waals surface area contributed by atoms with E-state index in [2.05, 4.69) is 9.97 Å². The van der Waals surface area contributed by atoms with Gasteiger partial charge in [0.1, 0.15) is 5.82 Å². The molecule has 3 N–H and O–H groups in total. The van der Waals surface area contributed by atoms with Gasteiger partial charge in [0.2, 0.25) is 5.91 Å². The van der Waals surface area contributed by atoms with Gasteiger partial charge in [-0.1, -0.05) is 42.5 Å². The Labute approximate surface area is 116 Å². The second-order valence-corrected chi connectivity index (χ2v) is 4.45. The third-order valence-electron chi connectivity index (χ3n) is 3.07. The Balaban J connectivity index is 1.98. The lowest BCUT2D eigenvalue weighted by Crippen LogP contribution is -2.10. The lowest BCUT2D eigenvalue weighted by molar-refractivity contribution is 0.100. The number of nitrogens with zero attached hydrogens (tertiary/aromatic N) is 1. The second-order valence-electron chi connectivity index (χ2n) is 4.45. The van der Waals surface area contributed by atoms with Gasteiger partial charge in [-0.3, -0.25) is 4.79 Å². The number of aromatic amines is 1. The maximum Gasteiger partial charge on any atom is 0.248 e. The number of H-pyrrole nitrogens is 1. The zero-order chi connectivity index (χ0) is 13.9. The number of aromatic nitrogens is 2. The number of nitrogens with one attached hydrogen (secondary N) is 1. The smallest absolute Gasteiger partial charge is 0.248 e. The summed E-state index contributed by atoms with van der Waals surface area (Å²) in [5, 5.41) is 0. The number of carbonyl (C=O) groups excluding carboxylic acids is 1. The summed E-state index contributed by atoms with van der Waals surface area (Å²) in [6.45, 7) is 0. The average molecular weight is 263 g/mol. The number of hydrogen-bond donors (Lipinski definition) is 2. The van der Waals surface area contributed by atoms with Gasteiger partial charge in [-0.25, -0.2) is 4.98 Å². The van der Waals surface area contributed by atoms with E-state index in [1.165, 1.54) is 0 Å². The molecule has 4 nitrogen and oxygen atoms in total. The number of rotatable bonds is 3. The zero-order valence-corrected chi connectivity index (χ0v) is 10.7. The van der Waals surface area contributed by atoms with Crippen LogP contribution in [0, 0.1) is 0 Å². The summed E-state index contributed by atoms with van der Waals surface area (Å²) >= 11 is 0. The van der Waals surface area contributed by atoms with Crippen LogP contribution in [0.4, 0.5) is 0 Å². The molecule has 3 aromatic rings.